The second kappa shape index (κ2) is 11.4. The number of nitrogens with zero attached hydrogens (tertiary/aromatic N) is 1. The number of hydrogen-bond acceptors (Lipinski definition) is 6. The summed E-state index contributed by atoms with van der Waals surface area (Å²) in [5.41, 5.74) is 2.96. The number of carbonyl (C=O) groups is 2. The van der Waals surface area contributed by atoms with Crippen molar-refractivity contribution in [2.45, 2.75) is 23.0 Å². The van der Waals surface area contributed by atoms with Gasteiger partial charge in [0.05, 0.1) is 6.42 Å². The first kappa shape index (κ1) is 23.4. The van der Waals surface area contributed by atoms with E-state index >= 15 is 0 Å². The highest BCUT2D eigenvalue weighted by molar-refractivity contribution is 7.99. The molecular formula is C26H26N4O3S. The predicted molar refractivity (Wildman–Crippen MR) is 137 cm³/mol. The lowest BCUT2D eigenvalue weighted by Gasteiger charge is -2.16. The van der Waals surface area contributed by atoms with Crippen molar-refractivity contribution in [1.29, 1.82) is 0 Å². The molecule has 0 fully saturated rings. The highest BCUT2D eigenvalue weighted by atomic mass is 32.2. The van der Waals surface area contributed by atoms with Crippen LogP contribution in [0, 0.1) is 0 Å². The van der Waals surface area contributed by atoms with Crippen LogP contribution in [-0.2, 0) is 4.79 Å². The number of carboxylic acids is 1. The third-order valence-electron chi connectivity index (χ3n) is 5.21. The molecule has 0 spiro atoms. The summed E-state index contributed by atoms with van der Waals surface area (Å²) < 4.78 is 0. The quantitative estimate of drug-likeness (QED) is 0.342. The molecule has 1 aliphatic heterocycles. The van der Waals surface area contributed by atoms with E-state index in [1.54, 1.807) is 12.1 Å². The predicted octanol–water partition coefficient (Wildman–Crippen LogP) is 5.01. The van der Waals surface area contributed by atoms with Gasteiger partial charge in [0.1, 0.15) is 0 Å². The minimum atomic E-state index is -0.840. The highest BCUT2D eigenvalue weighted by Gasteiger charge is 2.17. The lowest BCUT2D eigenvalue weighted by atomic mass is 10.1. The lowest BCUT2D eigenvalue weighted by molar-refractivity contribution is -0.137. The summed E-state index contributed by atoms with van der Waals surface area (Å²) in [6.07, 6.45) is 1.04. The fourth-order valence-corrected chi connectivity index (χ4v) is 4.67. The van der Waals surface area contributed by atoms with Crippen molar-refractivity contribution in [2.24, 2.45) is 4.99 Å². The second-order valence-corrected chi connectivity index (χ2v) is 9.09. The van der Waals surface area contributed by atoms with Crippen molar-refractivity contribution in [3.05, 3.63) is 90.0 Å². The van der Waals surface area contributed by atoms with Gasteiger partial charge in [-0.1, -0.05) is 36.4 Å². The van der Waals surface area contributed by atoms with Gasteiger partial charge in [0.25, 0.3) is 5.91 Å². The van der Waals surface area contributed by atoms with Crippen LogP contribution in [0.1, 0.15) is 34.0 Å². The Hall–Kier alpha value is -3.78. The third-order valence-corrected chi connectivity index (χ3v) is 6.47. The van der Waals surface area contributed by atoms with Crippen LogP contribution in [0.15, 0.2) is 88.8 Å². The van der Waals surface area contributed by atoms with Gasteiger partial charge in [-0.2, -0.15) is 0 Å². The Morgan fingerprint density at radius 2 is 1.79 bits per heavy atom. The molecular weight excluding hydrogens is 448 g/mol. The van der Waals surface area contributed by atoms with E-state index in [9.17, 15) is 14.7 Å². The van der Waals surface area contributed by atoms with Crippen LogP contribution in [0.3, 0.4) is 0 Å². The lowest BCUT2D eigenvalue weighted by Crippen LogP contribution is -2.35. The Balaban J connectivity index is 1.39. The minimum Gasteiger partial charge on any atom is -0.481 e. The fraction of sp³-hybridized carbons (Fsp3) is 0.192. The molecule has 3 aromatic rings. The number of aliphatic carboxylic acids is 1. The van der Waals surface area contributed by atoms with Gasteiger partial charge < -0.3 is 21.1 Å². The average Bonchev–Trinajstić information content (AvgIpc) is 2.86. The van der Waals surface area contributed by atoms with E-state index in [2.05, 4.69) is 20.9 Å². The topological polar surface area (TPSA) is 103 Å². The van der Waals surface area contributed by atoms with Crippen molar-refractivity contribution in [2.75, 3.05) is 23.7 Å². The van der Waals surface area contributed by atoms with E-state index < -0.39 is 5.97 Å². The maximum Gasteiger partial charge on any atom is 0.304 e. The maximum atomic E-state index is 12.8. The summed E-state index contributed by atoms with van der Waals surface area (Å²) in [6.45, 7) is 1.66. The highest BCUT2D eigenvalue weighted by Crippen LogP contribution is 2.38. The van der Waals surface area contributed by atoms with Crippen LogP contribution >= 0.6 is 11.8 Å². The Morgan fingerprint density at radius 3 is 2.50 bits per heavy atom. The Morgan fingerprint density at radius 1 is 1.00 bits per heavy atom. The maximum absolute atomic E-state index is 12.8. The molecule has 1 heterocycles. The molecule has 1 atom stereocenters. The van der Waals surface area contributed by atoms with E-state index in [1.807, 2.05) is 66.7 Å². The molecule has 4 rings (SSSR count). The van der Waals surface area contributed by atoms with Crippen molar-refractivity contribution in [1.82, 2.24) is 5.32 Å². The Labute approximate surface area is 202 Å². The van der Waals surface area contributed by atoms with Crippen LogP contribution in [0.2, 0.25) is 0 Å². The van der Waals surface area contributed by atoms with Crippen LogP contribution in [0.25, 0.3) is 0 Å². The standard InChI is InChI=1S/C26H26N4O3S/c31-24(32)17-23(18-6-2-1-3-7-18)34-22-12-10-20(11-13-22)29-25(33)19-8-4-9-21(16-19)30-26-27-14-5-15-28-26/h1-4,6-13,16,23H,5,14-15,17H2,(H,29,33)(H,31,32)(H2,27,28,30). The smallest absolute Gasteiger partial charge is 0.304 e. The first-order chi connectivity index (χ1) is 16.6. The zero-order valence-corrected chi connectivity index (χ0v) is 19.3. The number of hydrogen-bond donors (Lipinski definition) is 4. The van der Waals surface area contributed by atoms with Crippen molar-refractivity contribution in [3.63, 3.8) is 0 Å². The number of rotatable bonds is 8. The van der Waals surface area contributed by atoms with Crippen molar-refractivity contribution >= 4 is 41.0 Å². The van der Waals surface area contributed by atoms with Gasteiger partial charge in [0.15, 0.2) is 5.96 Å². The number of carbonyl (C=O) groups excluding carboxylic acids is 1. The molecule has 0 aliphatic carbocycles. The zero-order valence-electron chi connectivity index (χ0n) is 18.5. The first-order valence-electron chi connectivity index (χ1n) is 11.1. The Bertz CT molecular complexity index is 1170. The van der Waals surface area contributed by atoms with Gasteiger partial charge in [-0.3, -0.25) is 14.6 Å². The number of anilines is 2. The summed E-state index contributed by atoms with van der Waals surface area (Å²) in [4.78, 5) is 29.4. The van der Waals surface area contributed by atoms with Crippen LogP contribution in [0.4, 0.5) is 11.4 Å². The molecule has 174 valence electrons. The van der Waals surface area contributed by atoms with E-state index in [-0.39, 0.29) is 17.6 Å². The Kier molecular flexibility index (Phi) is 7.83. The largest absolute Gasteiger partial charge is 0.481 e. The number of nitrogens with one attached hydrogen (secondary N) is 3. The van der Waals surface area contributed by atoms with Crippen molar-refractivity contribution < 1.29 is 14.7 Å². The summed E-state index contributed by atoms with van der Waals surface area (Å²) in [7, 11) is 0. The number of thioether (sulfide) groups is 1. The molecule has 0 aromatic heterocycles. The molecule has 0 bridgehead atoms. The first-order valence-corrected chi connectivity index (χ1v) is 11.9. The molecule has 1 aliphatic rings. The number of benzene rings is 3. The van der Waals surface area contributed by atoms with Gasteiger partial charge in [-0.25, -0.2) is 0 Å². The molecule has 0 saturated carbocycles. The van der Waals surface area contributed by atoms with Gasteiger partial charge in [-0.15, -0.1) is 11.8 Å². The zero-order chi connectivity index (χ0) is 23.8. The van der Waals surface area contributed by atoms with E-state index in [0.29, 0.717) is 17.2 Å². The molecule has 8 heteroatoms. The monoisotopic (exact) mass is 474 g/mol. The second-order valence-electron chi connectivity index (χ2n) is 7.81. The average molecular weight is 475 g/mol. The number of amides is 1. The molecule has 0 radical (unpaired) electrons. The van der Waals surface area contributed by atoms with E-state index in [4.69, 9.17) is 0 Å². The summed E-state index contributed by atoms with van der Waals surface area (Å²) in [5.74, 6) is -0.336. The molecule has 7 nitrogen and oxygen atoms in total. The molecule has 0 saturated heterocycles. The molecule has 34 heavy (non-hydrogen) atoms. The van der Waals surface area contributed by atoms with E-state index in [1.165, 1.54) is 11.8 Å². The number of carboxylic acid groups (broad SMARTS) is 1. The number of guanidine groups is 1. The van der Waals surface area contributed by atoms with Gasteiger partial charge >= 0.3 is 5.97 Å². The normalized spacial score (nSPS) is 13.8. The molecule has 1 amide bonds. The van der Waals surface area contributed by atoms with Gasteiger partial charge in [0, 0.05) is 40.2 Å². The minimum absolute atomic E-state index is 0.0273. The summed E-state index contributed by atoms with van der Waals surface area (Å²) >= 11 is 1.49. The van der Waals surface area contributed by atoms with Crippen LogP contribution in [-0.4, -0.2) is 36.0 Å². The molecule has 3 aromatic carbocycles. The van der Waals surface area contributed by atoms with Gasteiger partial charge in [0.2, 0.25) is 0 Å². The number of aliphatic imine (C=N–C) groups is 1. The molecule has 1 unspecified atom stereocenters. The van der Waals surface area contributed by atoms with Crippen LogP contribution < -0.4 is 16.0 Å². The molecule has 4 N–H and O–H groups in total. The summed E-state index contributed by atoms with van der Waals surface area (Å²) in [5, 5.41) is 18.4. The van der Waals surface area contributed by atoms with Crippen molar-refractivity contribution in [3.8, 4) is 0 Å². The van der Waals surface area contributed by atoms with Crippen LogP contribution in [0.5, 0.6) is 0 Å². The SMILES string of the molecule is O=C(O)CC(Sc1ccc(NC(=O)c2cccc(NC3=NCCCN3)c2)cc1)c1ccccc1. The van der Waals surface area contributed by atoms with E-state index in [0.717, 1.165) is 35.7 Å². The summed E-state index contributed by atoms with van der Waals surface area (Å²) in [6, 6.07) is 24.3. The third kappa shape index (κ3) is 6.62. The fourth-order valence-electron chi connectivity index (χ4n) is 3.53. The van der Waals surface area contributed by atoms with Gasteiger partial charge in [-0.05, 0) is 54.4 Å².